The van der Waals surface area contributed by atoms with Crippen molar-refractivity contribution in [1.82, 2.24) is 4.98 Å². The molecular weight excluding hydrogens is 294 g/mol. The number of hydrogen-bond acceptors (Lipinski definition) is 5. The highest BCUT2D eigenvalue weighted by molar-refractivity contribution is 7.17. The normalized spacial score (nSPS) is 27.4. The highest BCUT2D eigenvalue weighted by Crippen LogP contribution is 2.34. The number of fused-ring (bicyclic) bond motifs is 1. The molecule has 2 aliphatic rings. The molecule has 2 saturated heterocycles. The fourth-order valence-corrected chi connectivity index (χ4v) is 4.78. The van der Waals surface area contributed by atoms with Crippen molar-refractivity contribution in [2.45, 2.75) is 37.8 Å². The van der Waals surface area contributed by atoms with Crippen molar-refractivity contribution < 1.29 is 4.74 Å². The van der Waals surface area contributed by atoms with Crippen molar-refractivity contribution in [2.24, 2.45) is 11.7 Å². The zero-order chi connectivity index (χ0) is 14.9. The van der Waals surface area contributed by atoms with Gasteiger partial charge in [0.2, 0.25) is 0 Å². The Morgan fingerprint density at radius 2 is 2.09 bits per heavy atom. The first-order chi connectivity index (χ1) is 10.8. The number of rotatable bonds is 2. The summed E-state index contributed by atoms with van der Waals surface area (Å²) in [5, 5.41) is 2.13. The molecule has 0 aliphatic carbocycles. The number of anilines is 1. The molecule has 2 aromatic heterocycles. The summed E-state index contributed by atoms with van der Waals surface area (Å²) < 4.78 is 7.29. The third-order valence-electron chi connectivity index (χ3n) is 5.08. The van der Waals surface area contributed by atoms with Crippen molar-refractivity contribution in [3.05, 3.63) is 23.7 Å². The van der Waals surface area contributed by atoms with Crippen LogP contribution in [0.25, 0.3) is 10.2 Å². The van der Waals surface area contributed by atoms with Crippen LogP contribution in [0.2, 0.25) is 0 Å². The van der Waals surface area contributed by atoms with E-state index in [9.17, 15) is 0 Å². The van der Waals surface area contributed by atoms with Crippen LogP contribution < -0.4 is 10.6 Å². The van der Waals surface area contributed by atoms with Crippen LogP contribution in [0, 0.1) is 5.92 Å². The van der Waals surface area contributed by atoms with E-state index < -0.39 is 0 Å². The summed E-state index contributed by atoms with van der Waals surface area (Å²) >= 11 is 1.79. The number of nitrogens with two attached hydrogens (primary N) is 1. The van der Waals surface area contributed by atoms with Gasteiger partial charge in [-0.1, -0.05) is 0 Å². The largest absolute Gasteiger partial charge is 0.376 e. The lowest BCUT2D eigenvalue weighted by atomic mass is 9.85. The second-order valence-electron chi connectivity index (χ2n) is 6.43. The molecule has 4 heterocycles. The Bertz CT molecular complexity index is 636. The molecule has 5 heteroatoms. The second-order valence-corrected chi connectivity index (χ2v) is 7.35. The van der Waals surface area contributed by atoms with E-state index >= 15 is 0 Å². The van der Waals surface area contributed by atoms with Crippen molar-refractivity contribution in [3.8, 4) is 0 Å². The summed E-state index contributed by atoms with van der Waals surface area (Å²) in [7, 11) is 0. The lowest BCUT2D eigenvalue weighted by molar-refractivity contribution is -0.0400. The SMILES string of the molecule is NC1CCCOC1C1CCN(c2ccnc3ccsc23)CC1. The van der Waals surface area contributed by atoms with Crippen LogP contribution in [0.5, 0.6) is 0 Å². The van der Waals surface area contributed by atoms with Gasteiger partial charge in [0.05, 0.1) is 22.0 Å². The molecular formula is C17H23N3OS. The summed E-state index contributed by atoms with van der Waals surface area (Å²) in [6, 6.07) is 4.49. The monoisotopic (exact) mass is 317 g/mol. The average molecular weight is 317 g/mol. The maximum absolute atomic E-state index is 6.27. The maximum atomic E-state index is 6.27. The smallest absolute Gasteiger partial charge is 0.0830 e. The second kappa shape index (κ2) is 6.14. The number of thiophene rings is 1. The topological polar surface area (TPSA) is 51.4 Å². The van der Waals surface area contributed by atoms with Crippen LogP contribution in [-0.2, 0) is 4.74 Å². The molecule has 0 bridgehead atoms. The van der Waals surface area contributed by atoms with Crippen LogP contribution in [-0.4, -0.2) is 36.8 Å². The van der Waals surface area contributed by atoms with Gasteiger partial charge >= 0.3 is 0 Å². The molecule has 2 fully saturated rings. The van der Waals surface area contributed by atoms with E-state index in [1.165, 1.54) is 23.2 Å². The minimum absolute atomic E-state index is 0.232. The zero-order valence-corrected chi connectivity index (χ0v) is 13.6. The predicted octanol–water partition coefficient (Wildman–Crippen LogP) is 3.02. The molecule has 0 amide bonds. The molecule has 0 radical (unpaired) electrons. The fourth-order valence-electron chi connectivity index (χ4n) is 3.89. The van der Waals surface area contributed by atoms with Gasteiger partial charge in [-0.2, -0.15) is 0 Å². The number of piperidine rings is 1. The first-order valence-electron chi connectivity index (χ1n) is 8.27. The minimum atomic E-state index is 0.232. The van der Waals surface area contributed by atoms with Crippen LogP contribution in [0.4, 0.5) is 5.69 Å². The van der Waals surface area contributed by atoms with Crippen LogP contribution in [0.3, 0.4) is 0 Å². The van der Waals surface area contributed by atoms with Crippen molar-refractivity contribution in [1.29, 1.82) is 0 Å². The van der Waals surface area contributed by atoms with E-state index in [0.29, 0.717) is 5.92 Å². The quantitative estimate of drug-likeness (QED) is 0.925. The molecule has 2 aliphatic heterocycles. The van der Waals surface area contributed by atoms with Gasteiger partial charge < -0.3 is 15.4 Å². The van der Waals surface area contributed by atoms with Gasteiger partial charge in [-0.15, -0.1) is 11.3 Å². The molecule has 0 aromatic carbocycles. The fraction of sp³-hybridized carbons (Fsp3) is 0.588. The maximum Gasteiger partial charge on any atom is 0.0830 e. The van der Waals surface area contributed by atoms with E-state index in [1.807, 2.05) is 6.20 Å². The summed E-state index contributed by atoms with van der Waals surface area (Å²) in [5.41, 5.74) is 8.72. The molecule has 22 heavy (non-hydrogen) atoms. The highest BCUT2D eigenvalue weighted by atomic mass is 32.1. The molecule has 0 spiro atoms. The minimum Gasteiger partial charge on any atom is -0.376 e. The lowest BCUT2D eigenvalue weighted by Gasteiger charge is -2.40. The van der Waals surface area contributed by atoms with Gasteiger partial charge in [0.25, 0.3) is 0 Å². The van der Waals surface area contributed by atoms with E-state index in [4.69, 9.17) is 10.5 Å². The molecule has 4 rings (SSSR count). The van der Waals surface area contributed by atoms with Gasteiger partial charge in [-0.05, 0) is 49.1 Å². The van der Waals surface area contributed by atoms with E-state index in [0.717, 1.165) is 38.1 Å². The highest BCUT2D eigenvalue weighted by Gasteiger charge is 2.33. The Balaban J connectivity index is 1.46. The Morgan fingerprint density at radius 1 is 1.23 bits per heavy atom. The summed E-state index contributed by atoms with van der Waals surface area (Å²) in [5.74, 6) is 0.618. The van der Waals surface area contributed by atoms with Gasteiger partial charge in [0.15, 0.2) is 0 Å². The third kappa shape index (κ3) is 2.62. The van der Waals surface area contributed by atoms with Crippen molar-refractivity contribution >= 4 is 27.2 Å². The van der Waals surface area contributed by atoms with Crippen molar-refractivity contribution in [2.75, 3.05) is 24.6 Å². The number of pyridine rings is 1. The molecule has 0 saturated carbocycles. The summed E-state index contributed by atoms with van der Waals surface area (Å²) in [6.07, 6.45) is 6.78. The van der Waals surface area contributed by atoms with Gasteiger partial charge in [-0.25, -0.2) is 0 Å². The molecule has 4 nitrogen and oxygen atoms in total. The van der Waals surface area contributed by atoms with E-state index in [2.05, 4.69) is 27.4 Å². The first kappa shape index (κ1) is 14.4. The van der Waals surface area contributed by atoms with Gasteiger partial charge in [0, 0.05) is 31.9 Å². The Morgan fingerprint density at radius 3 is 2.91 bits per heavy atom. The molecule has 118 valence electrons. The Kier molecular flexibility index (Phi) is 4.03. The standard InChI is InChI=1S/C17H23N3OS/c18-13-2-1-10-21-16(13)12-4-8-20(9-5-12)15-3-7-19-14-6-11-22-17(14)15/h3,6-7,11-13,16H,1-2,4-5,8-10,18H2. The average Bonchev–Trinajstić information content (AvgIpc) is 3.04. The van der Waals surface area contributed by atoms with Crippen LogP contribution >= 0.6 is 11.3 Å². The van der Waals surface area contributed by atoms with Crippen LogP contribution in [0.1, 0.15) is 25.7 Å². The number of aromatic nitrogens is 1. The number of ether oxygens (including phenoxy) is 1. The Hall–Kier alpha value is -1.17. The summed E-state index contributed by atoms with van der Waals surface area (Å²) in [6.45, 7) is 3.07. The summed E-state index contributed by atoms with van der Waals surface area (Å²) in [4.78, 5) is 6.95. The van der Waals surface area contributed by atoms with Crippen molar-refractivity contribution in [3.63, 3.8) is 0 Å². The van der Waals surface area contributed by atoms with Gasteiger partial charge in [-0.3, -0.25) is 4.98 Å². The van der Waals surface area contributed by atoms with E-state index in [1.54, 1.807) is 11.3 Å². The lowest BCUT2D eigenvalue weighted by Crippen LogP contribution is -2.48. The number of hydrogen-bond donors (Lipinski definition) is 1. The zero-order valence-electron chi connectivity index (χ0n) is 12.8. The first-order valence-corrected chi connectivity index (χ1v) is 9.15. The molecule has 2 atom stereocenters. The predicted molar refractivity (Wildman–Crippen MR) is 91.5 cm³/mol. The van der Waals surface area contributed by atoms with Crippen LogP contribution in [0.15, 0.2) is 23.7 Å². The molecule has 2 aromatic rings. The molecule has 2 unspecified atom stereocenters. The Labute approximate surface area is 135 Å². The third-order valence-corrected chi connectivity index (χ3v) is 6.01. The molecule has 2 N–H and O–H groups in total. The van der Waals surface area contributed by atoms with E-state index in [-0.39, 0.29) is 12.1 Å². The van der Waals surface area contributed by atoms with Gasteiger partial charge in [0.1, 0.15) is 0 Å². The number of nitrogens with zero attached hydrogens (tertiary/aromatic N) is 2.